The third-order valence-electron chi connectivity index (χ3n) is 3.51. The Bertz CT molecular complexity index is 514. The topological polar surface area (TPSA) is 12.0 Å². The summed E-state index contributed by atoms with van der Waals surface area (Å²) in [6.45, 7) is 6.47. The van der Waals surface area contributed by atoms with Gasteiger partial charge in [0, 0.05) is 6.54 Å². The zero-order valence-corrected chi connectivity index (χ0v) is 12.7. The minimum absolute atomic E-state index is 0.962. The summed E-state index contributed by atoms with van der Waals surface area (Å²) in [6, 6.07) is 17.8. The van der Waals surface area contributed by atoms with Crippen molar-refractivity contribution in [2.75, 3.05) is 6.54 Å². The molecule has 0 unspecified atom stereocenters. The Morgan fingerprint density at radius 3 is 2.30 bits per heavy atom. The summed E-state index contributed by atoms with van der Waals surface area (Å²) in [5.74, 6) is 0. The predicted octanol–water partition coefficient (Wildman–Crippen LogP) is 4.81. The molecule has 0 aliphatic carbocycles. The highest BCUT2D eigenvalue weighted by atomic mass is 14.8. The van der Waals surface area contributed by atoms with Crippen LogP contribution in [0.5, 0.6) is 0 Å². The van der Waals surface area contributed by atoms with Gasteiger partial charge < -0.3 is 5.32 Å². The van der Waals surface area contributed by atoms with Gasteiger partial charge in [-0.2, -0.15) is 0 Å². The monoisotopic (exact) mass is 267 g/mol. The summed E-state index contributed by atoms with van der Waals surface area (Å²) >= 11 is 0. The Morgan fingerprint density at radius 1 is 0.800 bits per heavy atom. The normalized spacial score (nSPS) is 10.7. The Kier molecular flexibility index (Phi) is 5.82. The van der Waals surface area contributed by atoms with Gasteiger partial charge in [0.2, 0.25) is 0 Å². The van der Waals surface area contributed by atoms with Gasteiger partial charge in [-0.25, -0.2) is 0 Å². The van der Waals surface area contributed by atoms with Crippen LogP contribution in [0.2, 0.25) is 0 Å². The molecule has 2 aromatic rings. The van der Waals surface area contributed by atoms with Crippen molar-refractivity contribution < 1.29 is 0 Å². The van der Waals surface area contributed by atoms with Crippen LogP contribution in [0.3, 0.4) is 0 Å². The fourth-order valence-electron chi connectivity index (χ4n) is 2.42. The highest BCUT2D eigenvalue weighted by Gasteiger charge is 2.00. The van der Waals surface area contributed by atoms with Crippen molar-refractivity contribution in [1.82, 2.24) is 5.32 Å². The van der Waals surface area contributed by atoms with E-state index >= 15 is 0 Å². The highest BCUT2D eigenvalue weighted by Crippen LogP contribution is 2.21. The number of benzene rings is 2. The number of aryl methyl sites for hydroxylation is 1. The van der Waals surface area contributed by atoms with Crippen molar-refractivity contribution in [3.05, 3.63) is 59.7 Å². The van der Waals surface area contributed by atoms with E-state index in [2.05, 4.69) is 67.7 Å². The largest absolute Gasteiger partial charge is 0.313 e. The second-order valence-electron chi connectivity index (χ2n) is 5.32. The van der Waals surface area contributed by atoms with Crippen LogP contribution in [0.15, 0.2) is 48.5 Å². The molecule has 0 spiro atoms. The summed E-state index contributed by atoms with van der Waals surface area (Å²) < 4.78 is 0. The van der Waals surface area contributed by atoms with Crippen LogP contribution in [0.25, 0.3) is 11.1 Å². The first-order chi connectivity index (χ1) is 9.83. The van der Waals surface area contributed by atoms with E-state index in [4.69, 9.17) is 0 Å². The molecule has 0 radical (unpaired) electrons. The first-order valence-electron chi connectivity index (χ1n) is 7.72. The average Bonchev–Trinajstić information content (AvgIpc) is 2.49. The Hall–Kier alpha value is -1.60. The van der Waals surface area contributed by atoms with Gasteiger partial charge in [-0.1, -0.05) is 68.8 Å². The van der Waals surface area contributed by atoms with Crippen molar-refractivity contribution in [2.24, 2.45) is 0 Å². The lowest BCUT2D eigenvalue weighted by Crippen LogP contribution is -2.13. The third-order valence-corrected chi connectivity index (χ3v) is 3.51. The van der Waals surface area contributed by atoms with Crippen LogP contribution in [0.4, 0.5) is 0 Å². The molecule has 0 aromatic heterocycles. The lowest BCUT2D eigenvalue weighted by molar-refractivity contribution is 0.675. The predicted molar refractivity (Wildman–Crippen MR) is 87.9 cm³/mol. The van der Waals surface area contributed by atoms with Gasteiger partial charge in [-0.3, -0.25) is 0 Å². The van der Waals surface area contributed by atoms with Crippen LogP contribution in [0, 0.1) is 0 Å². The lowest BCUT2D eigenvalue weighted by Gasteiger charge is -2.07. The number of hydrogen-bond acceptors (Lipinski definition) is 1. The molecule has 1 heteroatoms. The molecule has 0 saturated heterocycles. The molecule has 0 fully saturated rings. The SMILES string of the molecule is CCCNCc1ccc(-c2cccc(CCC)c2)cc1. The molecule has 0 bridgehead atoms. The molecule has 1 N–H and O–H groups in total. The van der Waals surface area contributed by atoms with Crippen molar-refractivity contribution >= 4 is 0 Å². The maximum Gasteiger partial charge on any atom is 0.0205 e. The van der Waals surface area contributed by atoms with Crippen LogP contribution in [0.1, 0.15) is 37.8 Å². The Balaban J connectivity index is 2.07. The summed E-state index contributed by atoms with van der Waals surface area (Å²) in [6.07, 6.45) is 3.54. The molecule has 0 amide bonds. The average molecular weight is 267 g/mol. The van der Waals surface area contributed by atoms with Crippen LogP contribution >= 0.6 is 0 Å². The first kappa shape index (κ1) is 14.8. The van der Waals surface area contributed by atoms with Gasteiger partial charge in [0.25, 0.3) is 0 Å². The maximum absolute atomic E-state index is 3.44. The van der Waals surface area contributed by atoms with Crippen molar-refractivity contribution in [3.63, 3.8) is 0 Å². The zero-order valence-electron chi connectivity index (χ0n) is 12.7. The Labute approximate surface area is 123 Å². The molecule has 0 aliphatic rings. The molecule has 0 aliphatic heterocycles. The van der Waals surface area contributed by atoms with Gasteiger partial charge in [-0.05, 0) is 41.6 Å². The Morgan fingerprint density at radius 2 is 1.60 bits per heavy atom. The summed E-state index contributed by atoms with van der Waals surface area (Å²) in [4.78, 5) is 0. The smallest absolute Gasteiger partial charge is 0.0205 e. The molecule has 20 heavy (non-hydrogen) atoms. The quantitative estimate of drug-likeness (QED) is 0.710. The van der Waals surface area contributed by atoms with E-state index in [0.29, 0.717) is 0 Å². The maximum atomic E-state index is 3.44. The van der Waals surface area contributed by atoms with Crippen molar-refractivity contribution in [3.8, 4) is 11.1 Å². The fraction of sp³-hybridized carbons (Fsp3) is 0.368. The summed E-state index contributed by atoms with van der Waals surface area (Å²) in [5, 5.41) is 3.44. The molecule has 0 saturated carbocycles. The molecule has 2 rings (SSSR count). The standard InChI is InChI=1S/C19H25N/c1-3-6-16-7-5-8-19(14-16)18-11-9-17(10-12-18)15-20-13-4-2/h5,7-12,14,20H,3-4,6,13,15H2,1-2H3. The summed E-state index contributed by atoms with van der Waals surface area (Å²) in [5.41, 5.74) is 5.41. The first-order valence-corrected chi connectivity index (χ1v) is 7.72. The van der Waals surface area contributed by atoms with Crippen LogP contribution < -0.4 is 5.32 Å². The van der Waals surface area contributed by atoms with E-state index in [1.54, 1.807) is 0 Å². The molecule has 1 nitrogen and oxygen atoms in total. The zero-order chi connectivity index (χ0) is 14.2. The van der Waals surface area contributed by atoms with E-state index in [1.165, 1.54) is 35.1 Å². The van der Waals surface area contributed by atoms with Gasteiger partial charge >= 0.3 is 0 Å². The van der Waals surface area contributed by atoms with Crippen LogP contribution in [-0.4, -0.2) is 6.54 Å². The minimum Gasteiger partial charge on any atom is -0.313 e. The van der Waals surface area contributed by atoms with Gasteiger partial charge in [0.15, 0.2) is 0 Å². The van der Waals surface area contributed by atoms with Gasteiger partial charge in [0.05, 0.1) is 0 Å². The van der Waals surface area contributed by atoms with E-state index in [0.717, 1.165) is 19.5 Å². The van der Waals surface area contributed by atoms with Gasteiger partial charge in [0.1, 0.15) is 0 Å². The van der Waals surface area contributed by atoms with E-state index in [9.17, 15) is 0 Å². The fourth-order valence-corrected chi connectivity index (χ4v) is 2.42. The number of nitrogens with one attached hydrogen (secondary N) is 1. The molecule has 2 aromatic carbocycles. The second-order valence-corrected chi connectivity index (χ2v) is 5.32. The summed E-state index contributed by atoms with van der Waals surface area (Å²) in [7, 11) is 0. The van der Waals surface area contributed by atoms with E-state index < -0.39 is 0 Å². The van der Waals surface area contributed by atoms with E-state index in [-0.39, 0.29) is 0 Å². The number of rotatable bonds is 7. The minimum atomic E-state index is 0.962. The lowest BCUT2D eigenvalue weighted by atomic mass is 10.00. The third kappa shape index (κ3) is 4.21. The molecule has 106 valence electrons. The van der Waals surface area contributed by atoms with Gasteiger partial charge in [-0.15, -0.1) is 0 Å². The molecule has 0 heterocycles. The molecular weight excluding hydrogens is 242 g/mol. The van der Waals surface area contributed by atoms with Crippen molar-refractivity contribution in [2.45, 2.75) is 39.7 Å². The van der Waals surface area contributed by atoms with Crippen molar-refractivity contribution in [1.29, 1.82) is 0 Å². The second kappa shape index (κ2) is 7.86. The molecular formula is C19H25N. The van der Waals surface area contributed by atoms with E-state index in [1.807, 2.05) is 0 Å². The van der Waals surface area contributed by atoms with Crippen LogP contribution in [-0.2, 0) is 13.0 Å². The number of hydrogen-bond donors (Lipinski definition) is 1. The molecule has 0 atom stereocenters. The highest BCUT2D eigenvalue weighted by molar-refractivity contribution is 5.64.